The number of hydrogen-bond donors (Lipinski definition) is 1. The molecule has 1 saturated heterocycles. The fourth-order valence-electron chi connectivity index (χ4n) is 2.04. The van der Waals surface area contributed by atoms with Crippen LogP contribution in [0.2, 0.25) is 0 Å². The molecule has 0 aromatic rings. The second-order valence-electron chi connectivity index (χ2n) is 3.99. The highest BCUT2D eigenvalue weighted by Crippen LogP contribution is 2.19. The lowest BCUT2D eigenvalue weighted by Gasteiger charge is -2.31. The quantitative estimate of drug-likeness (QED) is 0.563. The zero-order valence-corrected chi connectivity index (χ0v) is 9.92. The van der Waals surface area contributed by atoms with E-state index in [-0.39, 0.29) is 5.91 Å². The lowest BCUT2D eigenvalue weighted by Crippen LogP contribution is -2.39. The standard InChI is InChI=1S/C11H21N3O/c1-4-11(15)14-7-5-10(6-8-14)9(2)13-12-3/h10,12H,4-8H2,1-3H3/b13-9+. The van der Waals surface area contributed by atoms with Gasteiger partial charge in [0.05, 0.1) is 0 Å². The number of rotatable bonds is 3. The van der Waals surface area contributed by atoms with E-state index in [0.717, 1.165) is 31.6 Å². The number of nitrogens with one attached hydrogen (secondary N) is 1. The molecule has 0 unspecified atom stereocenters. The maximum absolute atomic E-state index is 11.5. The van der Waals surface area contributed by atoms with Crippen LogP contribution < -0.4 is 5.43 Å². The minimum absolute atomic E-state index is 0.275. The second kappa shape index (κ2) is 5.73. The van der Waals surface area contributed by atoms with Gasteiger partial charge < -0.3 is 10.3 Å². The van der Waals surface area contributed by atoms with Crippen LogP contribution >= 0.6 is 0 Å². The molecule has 1 aliphatic rings. The number of carbonyl (C=O) groups is 1. The lowest BCUT2D eigenvalue weighted by atomic mass is 9.92. The van der Waals surface area contributed by atoms with Gasteiger partial charge in [-0.05, 0) is 19.8 Å². The molecule has 0 aromatic heterocycles. The maximum atomic E-state index is 11.5. The van der Waals surface area contributed by atoms with E-state index in [1.807, 2.05) is 18.9 Å². The van der Waals surface area contributed by atoms with Gasteiger partial charge in [0.2, 0.25) is 5.91 Å². The molecular weight excluding hydrogens is 190 g/mol. The van der Waals surface area contributed by atoms with Gasteiger partial charge in [0, 0.05) is 38.2 Å². The van der Waals surface area contributed by atoms with Crippen LogP contribution in [0.25, 0.3) is 0 Å². The van der Waals surface area contributed by atoms with Gasteiger partial charge in [0.25, 0.3) is 0 Å². The largest absolute Gasteiger partial charge is 0.343 e. The van der Waals surface area contributed by atoms with Crippen molar-refractivity contribution in [3.63, 3.8) is 0 Å². The molecule has 1 aliphatic heterocycles. The Kier molecular flexibility index (Phi) is 4.59. The van der Waals surface area contributed by atoms with Crippen molar-refractivity contribution in [2.24, 2.45) is 11.0 Å². The molecule has 0 aliphatic carbocycles. The highest BCUT2D eigenvalue weighted by atomic mass is 16.2. The van der Waals surface area contributed by atoms with Crippen molar-refractivity contribution < 1.29 is 4.79 Å². The van der Waals surface area contributed by atoms with Gasteiger partial charge in [-0.3, -0.25) is 4.79 Å². The molecule has 0 aromatic carbocycles. The van der Waals surface area contributed by atoms with Crippen LogP contribution in [0.1, 0.15) is 33.1 Å². The first-order valence-corrected chi connectivity index (χ1v) is 5.67. The lowest BCUT2D eigenvalue weighted by molar-refractivity contribution is -0.131. The Bertz CT molecular complexity index is 242. The van der Waals surface area contributed by atoms with Crippen LogP contribution in [0, 0.1) is 5.92 Å². The zero-order chi connectivity index (χ0) is 11.3. The molecule has 1 N–H and O–H groups in total. The third kappa shape index (κ3) is 3.22. The van der Waals surface area contributed by atoms with Crippen molar-refractivity contribution in [2.75, 3.05) is 20.1 Å². The molecule has 0 bridgehead atoms. The maximum Gasteiger partial charge on any atom is 0.222 e. The highest BCUT2D eigenvalue weighted by Gasteiger charge is 2.23. The number of amides is 1. The first kappa shape index (κ1) is 12.0. The fraction of sp³-hybridized carbons (Fsp3) is 0.818. The summed E-state index contributed by atoms with van der Waals surface area (Å²) in [6, 6.07) is 0. The van der Waals surface area contributed by atoms with Gasteiger partial charge in [-0.25, -0.2) is 0 Å². The van der Waals surface area contributed by atoms with Crippen LogP contribution in [-0.2, 0) is 4.79 Å². The summed E-state index contributed by atoms with van der Waals surface area (Å²) in [5, 5.41) is 4.20. The summed E-state index contributed by atoms with van der Waals surface area (Å²) in [6.07, 6.45) is 2.71. The molecule has 0 radical (unpaired) electrons. The van der Waals surface area contributed by atoms with E-state index in [2.05, 4.69) is 17.5 Å². The average molecular weight is 211 g/mol. The van der Waals surface area contributed by atoms with Gasteiger partial charge in [0.1, 0.15) is 0 Å². The van der Waals surface area contributed by atoms with Gasteiger partial charge >= 0.3 is 0 Å². The van der Waals surface area contributed by atoms with E-state index in [0.29, 0.717) is 12.3 Å². The van der Waals surface area contributed by atoms with Crippen LogP contribution in [0.4, 0.5) is 0 Å². The molecule has 1 rings (SSSR count). The summed E-state index contributed by atoms with van der Waals surface area (Å²) in [7, 11) is 1.82. The van der Waals surface area contributed by atoms with Crippen molar-refractivity contribution >= 4 is 11.6 Å². The van der Waals surface area contributed by atoms with Crippen molar-refractivity contribution in [1.29, 1.82) is 0 Å². The molecule has 0 saturated carbocycles. The molecule has 4 heteroatoms. The number of carbonyl (C=O) groups excluding carboxylic acids is 1. The van der Waals surface area contributed by atoms with Crippen molar-refractivity contribution in [3.05, 3.63) is 0 Å². The molecule has 15 heavy (non-hydrogen) atoms. The Morgan fingerprint density at radius 2 is 2.07 bits per heavy atom. The molecular formula is C11H21N3O. The fourth-order valence-corrected chi connectivity index (χ4v) is 2.04. The Morgan fingerprint density at radius 1 is 1.47 bits per heavy atom. The minimum Gasteiger partial charge on any atom is -0.343 e. The summed E-state index contributed by atoms with van der Waals surface area (Å²) in [4.78, 5) is 13.4. The predicted octanol–water partition coefficient (Wildman–Crippen LogP) is 1.23. The van der Waals surface area contributed by atoms with Crippen molar-refractivity contribution in [2.45, 2.75) is 33.1 Å². The van der Waals surface area contributed by atoms with E-state index < -0.39 is 0 Å². The van der Waals surface area contributed by atoms with Gasteiger partial charge in [0.15, 0.2) is 0 Å². The van der Waals surface area contributed by atoms with Crippen LogP contribution in [0.5, 0.6) is 0 Å². The number of hydrazone groups is 1. The van der Waals surface area contributed by atoms with E-state index >= 15 is 0 Å². The average Bonchev–Trinajstić information content (AvgIpc) is 2.28. The Labute approximate surface area is 91.7 Å². The number of hydrogen-bond acceptors (Lipinski definition) is 3. The number of nitrogens with zero attached hydrogens (tertiary/aromatic N) is 2. The monoisotopic (exact) mass is 211 g/mol. The first-order chi connectivity index (χ1) is 7.19. The van der Waals surface area contributed by atoms with Crippen molar-refractivity contribution in [3.8, 4) is 0 Å². The zero-order valence-electron chi connectivity index (χ0n) is 9.92. The number of piperidine rings is 1. The summed E-state index contributed by atoms with van der Waals surface area (Å²) in [6.45, 7) is 5.74. The van der Waals surface area contributed by atoms with Gasteiger partial charge in [-0.15, -0.1) is 0 Å². The summed E-state index contributed by atoms with van der Waals surface area (Å²) >= 11 is 0. The molecule has 1 heterocycles. The summed E-state index contributed by atoms with van der Waals surface area (Å²) < 4.78 is 0. The summed E-state index contributed by atoms with van der Waals surface area (Å²) in [5.74, 6) is 0.815. The molecule has 1 amide bonds. The van der Waals surface area contributed by atoms with Crippen LogP contribution in [0.3, 0.4) is 0 Å². The third-order valence-corrected chi connectivity index (χ3v) is 3.03. The number of likely N-dealkylation sites (tertiary alicyclic amines) is 1. The highest BCUT2D eigenvalue weighted by molar-refractivity contribution is 5.84. The Morgan fingerprint density at radius 3 is 2.53 bits per heavy atom. The van der Waals surface area contributed by atoms with E-state index in [1.54, 1.807) is 0 Å². The Balaban J connectivity index is 2.42. The third-order valence-electron chi connectivity index (χ3n) is 3.03. The Hall–Kier alpha value is -1.06. The molecule has 86 valence electrons. The van der Waals surface area contributed by atoms with Gasteiger partial charge in [-0.1, -0.05) is 6.92 Å². The van der Waals surface area contributed by atoms with E-state index in [1.165, 1.54) is 0 Å². The van der Waals surface area contributed by atoms with Crippen LogP contribution in [0.15, 0.2) is 5.10 Å². The first-order valence-electron chi connectivity index (χ1n) is 5.67. The van der Waals surface area contributed by atoms with Crippen LogP contribution in [-0.4, -0.2) is 36.7 Å². The molecule has 0 atom stereocenters. The molecule has 1 fully saturated rings. The molecule has 0 spiro atoms. The molecule has 4 nitrogen and oxygen atoms in total. The predicted molar refractivity (Wildman–Crippen MR) is 61.8 cm³/mol. The smallest absolute Gasteiger partial charge is 0.222 e. The topological polar surface area (TPSA) is 44.7 Å². The van der Waals surface area contributed by atoms with E-state index in [4.69, 9.17) is 0 Å². The van der Waals surface area contributed by atoms with Crippen molar-refractivity contribution in [1.82, 2.24) is 10.3 Å². The normalized spacial score (nSPS) is 19.1. The summed E-state index contributed by atoms with van der Waals surface area (Å²) in [5.41, 5.74) is 3.97. The SMILES string of the molecule is CCC(=O)N1CCC(/C(C)=N/NC)CC1. The second-order valence-corrected chi connectivity index (χ2v) is 3.99. The van der Waals surface area contributed by atoms with E-state index in [9.17, 15) is 4.79 Å². The minimum atomic E-state index is 0.275. The van der Waals surface area contributed by atoms with Gasteiger partial charge in [-0.2, -0.15) is 5.10 Å².